The molecule has 178 valence electrons. The summed E-state index contributed by atoms with van der Waals surface area (Å²) in [5, 5.41) is 13.6. The summed E-state index contributed by atoms with van der Waals surface area (Å²) in [6.07, 6.45) is -1.28. The molecule has 0 aliphatic carbocycles. The second-order valence-electron chi connectivity index (χ2n) is 7.62. The van der Waals surface area contributed by atoms with Crippen LogP contribution in [0.25, 0.3) is 22.6 Å². The van der Waals surface area contributed by atoms with Gasteiger partial charge in [0.05, 0.1) is 46.0 Å². The first-order valence-corrected chi connectivity index (χ1v) is 11.4. The van der Waals surface area contributed by atoms with E-state index in [9.17, 15) is 28.0 Å². The average Bonchev–Trinajstić information content (AvgIpc) is 3.31. The summed E-state index contributed by atoms with van der Waals surface area (Å²) in [6, 6.07) is 13.0. The van der Waals surface area contributed by atoms with Crippen LogP contribution in [0.15, 0.2) is 69.2 Å². The second kappa shape index (κ2) is 8.96. The molecule has 0 spiro atoms. The Hall–Kier alpha value is -4.04. The maximum absolute atomic E-state index is 13.3. The highest BCUT2D eigenvalue weighted by molar-refractivity contribution is 7.98. The zero-order valence-electron chi connectivity index (χ0n) is 18.8. The van der Waals surface area contributed by atoms with Gasteiger partial charge in [0.15, 0.2) is 0 Å². The summed E-state index contributed by atoms with van der Waals surface area (Å²) in [5.41, 5.74) is -0.633. The number of halogens is 3. The SMILES string of the molecule is CSc1cc(C#N)ccc1-n1nccc1-c1c(C)n(-c2cccc(C(F)(F)F)c2)c(=O)n(C)c1=O. The number of nitrogens with zero attached hydrogens (tertiary/aromatic N) is 5. The van der Waals surface area contributed by atoms with Gasteiger partial charge in [-0.15, -0.1) is 11.8 Å². The molecule has 0 saturated carbocycles. The Kier molecular flexibility index (Phi) is 6.17. The summed E-state index contributed by atoms with van der Waals surface area (Å²) in [7, 11) is 1.27. The van der Waals surface area contributed by atoms with Crippen molar-refractivity contribution in [2.45, 2.75) is 18.0 Å². The van der Waals surface area contributed by atoms with Crippen LogP contribution in [0.1, 0.15) is 16.8 Å². The molecule has 0 aliphatic rings. The molecule has 35 heavy (non-hydrogen) atoms. The third-order valence-corrected chi connectivity index (χ3v) is 6.33. The van der Waals surface area contributed by atoms with Crippen molar-refractivity contribution < 1.29 is 13.2 Å². The maximum Gasteiger partial charge on any atom is 0.416 e. The van der Waals surface area contributed by atoms with Gasteiger partial charge in [0.1, 0.15) is 0 Å². The summed E-state index contributed by atoms with van der Waals surface area (Å²) in [6.45, 7) is 1.50. The molecule has 0 N–H and O–H groups in total. The van der Waals surface area contributed by atoms with Crippen molar-refractivity contribution in [1.82, 2.24) is 18.9 Å². The fraction of sp³-hybridized carbons (Fsp3) is 0.167. The highest BCUT2D eigenvalue weighted by Crippen LogP contribution is 2.32. The Morgan fingerprint density at radius 2 is 1.83 bits per heavy atom. The molecule has 2 aromatic carbocycles. The maximum atomic E-state index is 13.3. The number of hydrogen-bond donors (Lipinski definition) is 0. The Balaban J connectivity index is 2.01. The van der Waals surface area contributed by atoms with Crippen LogP contribution in [-0.4, -0.2) is 25.2 Å². The molecule has 4 rings (SSSR count). The topological polar surface area (TPSA) is 85.6 Å². The van der Waals surface area contributed by atoms with Crippen molar-refractivity contribution in [2.24, 2.45) is 7.05 Å². The number of aromatic nitrogens is 4. The Labute approximate surface area is 201 Å². The lowest BCUT2D eigenvalue weighted by atomic mass is 10.1. The smallest absolute Gasteiger partial charge is 0.268 e. The van der Waals surface area contributed by atoms with E-state index >= 15 is 0 Å². The lowest BCUT2D eigenvalue weighted by molar-refractivity contribution is -0.137. The molecule has 4 aromatic rings. The van der Waals surface area contributed by atoms with Crippen molar-refractivity contribution in [3.05, 3.63) is 92.4 Å². The lowest BCUT2D eigenvalue weighted by Gasteiger charge is -2.18. The zero-order chi connectivity index (χ0) is 25.5. The van der Waals surface area contributed by atoms with Crippen molar-refractivity contribution >= 4 is 11.8 Å². The number of thioether (sulfide) groups is 1. The van der Waals surface area contributed by atoms with Gasteiger partial charge in [-0.1, -0.05) is 6.07 Å². The van der Waals surface area contributed by atoms with E-state index in [0.29, 0.717) is 16.9 Å². The van der Waals surface area contributed by atoms with E-state index in [-0.39, 0.29) is 16.9 Å². The van der Waals surface area contributed by atoms with Crippen LogP contribution in [0.5, 0.6) is 0 Å². The number of nitriles is 1. The second-order valence-corrected chi connectivity index (χ2v) is 8.47. The van der Waals surface area contributed by atoms with Gasteiger partial charge in [-0.05, 0) is 55.6 Å². The molecular formula is C24H18F3N5O2S. The number of alkyl halides is 3. The average molecular weight is 498 g/mol. The minimum Gasteiger partial charge on any atom is -0.268 e. The molecule has 0 atom stereocenters. The summed E-state index contributed by atoms with van der Waals surface area (Å²) < 4.78 is 43.4. The fourth-order valence-corrected chi connectivity index (χ4v) is 4.45. The molecule has 0 saturated heterocycles. The van der Waals surface area contributed by atoms with E-state index in [4.69, 9.17) is 0 Å². The molecule has 0 fully saturated rings. The first-order chi connectivity index (χ1) is 16.6. The predicted octanol–water partition coefficient (Wildman–Crippen LogP) is 4.31. The first-order valence-electron chi connectivity index (χ1n) is 10.2. The first kappa shape index (κ1) is 24.1. The van der Waals surface area contributed by atoms with Gasteiger partial charge in [0, 0.05) is 17.6 Å². The van der Waals surface area contributed by atoms with Crippen molar-refractivity contribution in [3.8, 4) is 28.7 Å². The van der Waals surface area contributed by atoms with Gasteiger partial charge in [0.2, 0.25) is 0 Å². The van der Waals surface area contributed by atoms with E-state index in [2.05, 4.69) is 11.2 Å². The summed E-state index contributed by atoms with van der Waals surface area (Å²) in [5.74, 6) is 0. The summed E-state index contributed by atoms with van der Waals surface area (Å²) >= 11 is 1.39. The summed E-state index contributed by atoms with van der Waals surface area (Å²) in [4.78, 5) is 27.0. The molecule has 2 aromatic heterocycles. The fourth-order valence-electron chi connectivity index (χ4n) is 3.84. The van der Waals surface area contributed by atoms with E-state index in [1.807, 2.05) is 6.26 Å². The molecule has 0 bridgehead atoms. The minimum absolute atomic E-state index is 0.0200. The molecule has 7 nitrogen and oxygen atoms in total. The van der Waals surface area contributed by atoms with Gasteiger partial charge < -0.3 is 0 Å². The molecule has 11 heteroatoms. The van der Waals surface area contributed by atoms with Gasteiger partial charge in [-0.2, -0.15) is 23.5 Å². The largest absolute Gasteiger partial charge is 0.416 e. The van der Waals surface area contributed by atoms with Crippen LogP contribution >= 0.6 is 11.8 Å². The van der Waals surface area contributed by atoms with Gasteiger partial charge in [-0.25, -0.2) is 9.48 Å². The molecule has 2 heterocycles. The Morgan fingerprint density at radius 1 is 1.09 bits per heavy atom. The normalized spacial score (nSPS) is 11.5. The van der Waals surface area contributed by atoms with Crippen LogP contribution < -0.4 is 11.2 Å². The molecule has 0 unspecified atom stereocenters. The Bertz CT molecular complexity index is 1610. The number of rotatable bonds is 4. The van der Waals surface area contributed by atoms with E-state index < -0.39 is 23.0 Å². The van der Waals surface area contributed by atoms with Crippen molar-refractivity contribution in [3.63, 3.8) is 0 Å². The van der Waals surface area contributed by atoms with E-state index in [0.717, 1.165) is 26.2 Å². The van der Waals surface area contributed by atoms with Crippen LogP contribution in [-0.2, 0) is 13.2 Å². The van der Waals surface area contributed by atoms with Gasteiger partial charge in [0.25, 0.3) is 5.56 Å². The molecule has 0 aliphatic heterocycles. The predicted molar refractivity (Wildman–Crippen MR) is 126 cm³/mol. The highest BCUT2D eigenvalue weighted by Gasteiger charge is 2.31. The monoisotopic (exact) mass is 497 g/mol. The molecule has 0 radical (unpaired) electrons. The molecular weight excluding hydrogens is 479 g/mol. The van der Waals surface area contributed by atoms with E-state index in [1.165, 1.54) is 48.7 Å². The number of benzene rings is 2. The molecule has 0 amide bonds. The van der Waals surface area contributed by atoms with Gasteiger partial charge >= 0.3 is 11.9 Å². The highest BCUT2D eigenvalue weighted by atomic mass is 32.2. The van der Waals surface area contributed by atoms with Crippen LogP contribution in [0.2, 0.25) is 0 Å². The van der Waals surface area contributed by atoms with Crippen molar-refractivity contribution in [1.29, 1.82) is 5.26 Å². The van der Waals surface area contributed by atoms with Crippen molar-refractivity contribution in [2.75, 3.05) is 6.26 Å². The van der Waals surface area contributed by atoms with Crippen LogP contribution in [0.4, 0.5) is 13.2 Å². The lowest BCUT2D eigenvalue weighted by Crippen LogP contribution is -2.40. The number of hydrogen-bond acceptors (Lipinski definition) is 5. The van der Waals surface area contributed by atoms with Crippen LogP contribution in [0, 0.1) is 18.3 Å². The van der Waals surface area contributed by atoms with Gasteiger partial charge in [-0.3, -0.25) is 13.9 Å². The zero-order valence-corrected chi connectivity index (χ0v) is 19.6. The third-order valence-electron chi connectivity index (χ3n) is 5.56. The van der Waals surface area contributed by atoms with E-state index in [1.54, 1.807) is 24.3 Å². The van der Waals surface area contributed by atoms with Crippen LogP contribution in [0.3, 0.4) is 0 Å². The minimum atomic E-state index is -4.60. The third kappa shape index (κ3) is 4.17. The standard InChI is InChI=1S/C24H18F3N5O2S/c1-14-21(19-9-10-29-32(19)18-8-7-15(13-28)11-20(18)35-3)22(33)30(2)23(34)31(14)17-6-4-5-16(12-17)24(25,26)27/h4-12H,1-3H3. The quantitative estimate of drug-likeness (QED) is 0.392. The Morgan fingerprint density at radius 3 is 2.49 bits per heavy atom.